The fourth-order valence-corrected chi connectivity index (χ4v) is 5.45. The van der Waals surface area contributed by atoms with E-state index in [-0.39, 0.29) is 0 Å². The lowest BCUT2D eigenvalue weighted by atomic mass is 10.1. The molecule has 0 aromatic carbocycles. The Bertz CT molecular complexity index is 1420. The molecule has 1 N–H and O–H groups in total. The summed E-state index contributed by atoms with van der Waals surface area (Å²) in [6.07, 6.45) is 8.60. The van der Waals surface area contributed by atoms with E-state index in [1.807, 2.05) is 30.3 Å². The van der Waals surface area contributed by atoms with Crippen LogP contribution < -0.4 is 5.32 Å². The molecule has 0 amide bonds. The van der Waals surface area contributed by atoms with Crippen molar-refractivity contribution < 1.29 is 0 Å². The van der Waals surface area contributed by atoms with Crippen LogP contribution in [0, 0.1) is 0 Å². The Hall–Kier alpha value is -2.27. The zero-order valence-electron chi connectivity index (χ0n) is 17.8. The Morgan fingerprint density at radius 1 is 0.824 bits per heavy atom. The van der Waals surface area contributed by atoms with Crippen molar-refractivity contribution in [2.24, 2.45) is 0 Å². The third kappa shape index (κ3) is 5.68. The molecule has 0 unspecified atom stereocenters. The summed E-state index contributed by atoms with van der Waals surface area (Å²) in [5.74, 6) is 1.36. The Morgan fingerprint density at radius 2 is 1.47 bits per heavy atom. The van der Waals surface area contributed by atoms with Crippen LogP contribution in [0.3, 0.4) is 0 Å². The number of fused-ring (bicyclic) bond motifs is 2. The van der Waals surface area contributed by atoms with Gasteiger partial charge in [-0.25, -0.2) is 9.97 Å². The van der Waals surface area contributed by atoms with Gasteiger partial charge < -0.3 is 5.32 Å². The second-order valence-electron chi connectivity index (χ2n) is 7.77. The molecule has 0 saturated heterocycles. The molecular weight excluding hydrogens is 602 g/mol. The number of hydrogen-bond donors (Lipinski definition) is 1. The normalized spacial score (nSPS) is 13.7. The smallest absolute Gasteiger partial charge is 0.211 e. The summed E-state index contributed by atoms with van der Waals surface area (Å²) in [5, 5.41) is 14.3. The molecule has 1 aliphatic carbocycles. The van der Waals surface area contributed by atoms with Gasteiger partial charge in [-0.15, -0.1) is 10.2 Å². The molecule has 5 aromatic rings. The highest BCUT2D eigenvalue weighted by Crippen LogP contribution is 2.37. The van der Waals surface area contributed by atoms with Crippen LogP contribution in [0.2, 0.25) is 5.15 Å². The van der Waals surface area contributed by atoms with Crippen molar-refractivity contribution in [1.29, 1.82) is 0 Å². The van der Waals surface area contributed by atoms with E-state index in [0.717, 1.165) is 47.0 Å². The largest absolute Gasteiger partial charge is 0.315 e. The van der Waals surface area contributed by atoms with Crippen molar-refractivity contribution in [3.05, 3.63) is 67.9 Å². The van der Waals surface area contributed by atoms with Crippen molar-refractivity contribution in [1.82, 2.24) is 30.1 Å². The van der Waals surface area contributed by atoms with Gasteiger partial charge in [-0.3, -0.25) is 9.97 Å². The first-order valence-corrected chi connectivity index (χ1v) is 13.4. The molecule has 1 fully saturated rings. The first-order chi connectivity index (χ1) is 16.5. The third-order valence-electron chi connectivity index (χ3n) is 5.35. The fourth-order valence-electron chi connectivity index (χ4n) is 3.74. The second kappa shape index (κ2) is 10.6. The fraction of sp³-hybridized carbons (Fsp3) is 0.217. The second-order valence-corrected chi connectivity index (χ2v) is 11.0. The number of rotatable bonds is 3. The van der Waals surface area contributed by atoms with E-state index in [9.17, 15) is 0 Å². The van der Waals surface area contributed by atoms with Crippen LogP contribution in [0.5, 0.6) is 0 Å². The minimum absolute atomic E-state index is 0.488. The lowest BCUT2D eigenvalue weighted by Gasteiger charge is -2.03. The number of nitrogens with zero attached hydrogens (tertiary/aromatic N) is 6. The molecular formula is C23H18Br2ClN7S. The summed E-state index contributed by atoms with van der Waals surface area (Å²) in [4.78, 5) is 17.2. The van der Waals surface area contributed by atoms with Gasteiger partial charge in [0, 0.05) is 27.3 Å². The minimum Gasteiger partial charge on any atom is -0.315 e. The van der Waals surface area contributed by atoms with Gasteiger partial charge in [0.05, 0.1) is 22.1 Å². The molecule has 11 heteroatoms. The van der Waals surface area contributed by atoms with Crippen molar-refractivity contribution in [2.75, 3.05) is 5.32 Å². The molecule has 172 valence electrons. The van der Waals surface area contributed by atoms with Crippen LogP contribution >= 0.6 is 54.8 Å². The third-order valence-corrected chi connectivity index (χ3v) is 7.43. The Kier molecular flexibility index (Phi) is 7.29. The quantitative estimate of drug-likeness (QED) is 0.207. The average Bonchev–Trinajstić information content (AvgIpc) is 3.51. The zero-order chi connectivity index (χ0) is 23.5. The predicted molar refractivity (Wildman–Crippen MR) is 144 cm³/mol. The van der Waals surface area contributed by atoms with Crippen LogP contribution in [-0.2, 0) is 0 Å². The number of aromatic nitrogens is 6. The maximum atomic E-state index is 5.72. The van der Waals surface area contributed by atoms with Crippen molar-refractivity contribution in [3.8, 4) is 0 Å². The SMILES string of the molecule is Brc1cnc2ccc(Nc3nnc(C4CCCC4)s3)nc2c1.Clc1ccc2ncc(Br)cc2n1. The first-order valence-electron chi connectivity index (χ1n) is 10.6. The van der Waals surface area contributed by atoms with Gasteiger partial charge in [0.25, 0.3) is 0 Å². The zero-order valence-corrected chi connectivity index (χ0v) is 22.5. The molecule has 0 atom stereocenters. The summed E-state index contributed by atoms with van der Waals surface area (Å²) in [5.41, 5.74) is 3.37. The highest BCUT2D eigenvalue weighted by atomic mass is 79.9. The molecule has 7 nitrogen and oxygen atoms in total. The van der Waals surface area contributed by atoms with Gasteiger partial charge in [-0.1, -0.05) is 35.8 Å². The van der Waals surface area contributed by atoms with Crippen molar-refractivity contribution >= 4 is 87.8 Å². The van der Waals surface area contributed by atoms with Crippen molar-refractivity contribution in [3.63, 3.8) is 0 Å². The molecule has 5 aromatic heterocycles. The van der Waals surface area contributed by atoms with E-state index in [4.69, 9.17) is 11.6 Å². The van der Waals surface area contributed by atoms with E-state index in [1.54, 1.807) is 29.8 Å². The van der Waals surface area contributed by atoms with Gasteiger partial charge in [-0.05, 0) is 81.1 Å². The maximum Gasteiger partial charge on any atom is 0.211 e. The topological polar surface area (TPSA) is 89.4 Å². The van der Waals surface area contributed by atoms with E-state index >= 15 is 0 Å². The molecule has 0 aliphatic heterocycles. The molecule has 0 bridgehead atoms. The molecule has 0 spiro atoms. The Labute approximate surface area is 221 Å². The standard InChI is InChI=1S/C15H14BrN5S.C8H4BrClN2/c16-10-7-12-11(17-8-10)5-6-13(18-12)19-15-21-20-14(22-15)9-3-1-2-4-9;9-5-3-7-6(11-4-5)1-2-8(10)12-7/h5-9H,1-4H2,(H,18,19,21);1-4H. The summed E-state index contributed by atoms with van der Waals surface area (Å²) < 4.78 is 1.83. The van der Waals surface area contributed by atoms with Crippen LogP contribution in [0.15, 0.2) is 57.7 Å². The molecule has 0 radical (unpaired) electrons. The lowest BCUT2D eigenvalue weighted by Crippen LogP contribution is -1.94. The molecule has 5 heterocycles. The Morgan fingerprint density at radius 3 is 2.18 bits per heavy atom. The number of pyridine rings is 4. The molecule has 34 heavy (non-hydrogen) atoms. The summed E-state index contributed by atoms with van der Waals surface area (Å²) in [6, 6.07) is 11.3. The highest BCUT2D eigenvalue weighted by Gasteiger charge is 2.21. The number of halogens is 3. The molecule has 6 rings (SSSR count). The average molecular weight is 620 g/mol. The highest BCUT2D eigenvalue weighted by molar-refractivity contribution is 9.10. The van der Waals surface area contributed by atoms with Gasteiger partial charge >= 0.3 is 0 Å². The van der Waals surface area contributed by atoms with Gasteiger partial charge in [-0.2, -0.15) is 0 Å². The minimum atomic E-state index is 0.488. The maximum absolute atomic E-state index is 5.72. The lowest BCUT2D eigenvalue weighted by molar-refractivity contribution is 0.705. The number of anilines is 2. The van der Waals surface area contributed by atoms with Gasteiger partial charge in [0.2, 0.25) is 5.13 Å². The monoisotopic (exact) mass is 617 g/mol. The van der Waals surface area contributed by atoms with Gasteiger partial charge in [0.1, 0.15) is 16.0 Å². The van der Waals surface area contributed by atoms with Crippen LogP contribution in [0.4, 0.5) is 10.9 Å². The van der Waals surface area contributed by atoms with E-state index in [1.165, 1.54) is 25.7 Å². The van der Waals surface area contributed by atoms with Crippen LogP contribution in [0.1, 0.15) is 36.6 Å². The summed E-state index contributed by atoms with van der Waals surface area (Å²) in [7, 11) is 0. The van der Waals surface area contributed by atoms with E-state index < -0.39 is 0 Å². The van der Waals surface area contributed by atoms with Crippen LogP contribution in [-0.4, -0.2) is 30.1 Å². The summed E-state index contributed by atoms with van der Waals surface area (Å²) in [6.45, 7) is 0. The van der Waals surface area contributed by atoms with E-state index in [0.29, 0.717) is 11.1 Å². The Balaban J connectivity index is 0.000000169. The summed E-state index contributed by atoms with van der Waals surface area (Å²) >= 11 is 14.1. The van der Waals surface area contributed by atoms with Crippen LogP contribution in [0.25, 0.3) is 22.1 Å². The number of nitrogens with one attached hydrogen (secondary N) is 1. The van der Waals surface area contributed by atoms with Crippen molar-refractivity contribution in [2.45, 2.75) is 31.6 Å². The first kappa shape index (κ1) is 23.5. The molecule has 1 saturated carbocycles. The predicted octanol–water partition coefficient (Wildman–Crippen LogP) is 7.69. The van der Waals surface area contributed by atoms with Gasteiger partial charge in [0.15, 0.2) is 0 Å². The van der Waals surface area contributed by atoms with E-state index in [2.05, 4.69) is 67.3 Å². The number of hydrogen-bond acceptors (Lipinski definition) is 8. The molecule has 1 aliphatic rings.